The highest BCUT2D eigenvalue weighted by Gasteiger charge is 2.34. The number of nitrogens with zero attached hydrogens (tertiary/aromatic N) is 2. The maximum absolute atomic E-state index is 14.6. The van der Waals surface area contributed by atoms with E-state index in [0.29, 0.717) is 0 Å². The number of para-hydroxylation sites is 1. The predicted molar refractivity (Wildman–Crippen MR) is 149 cm³/mol. The van der Waals surface area contributed by atoms with E-state index in [1.54, 1.807) is 43.3 Å². The topological polar surface area (TPSA) is 86.8 Å². The fourth-order valence-electron chi connectivity index (χ4n) is 4.67. The van der Waals surface area contributed by atoms with Gasteiger partial charge >= 0.3 is 0 Å². The normalized spacial score (nSPS) is 14.5. The molecule has 0 saturated heterocycles. The Morgan fingerprint density at radius 1 is 0.974 bits per heavy atom. The number of hydrogen-bond acceptors (Lipinski definition) is 4. The summed E-state index contributed by atoms with van der Waals surface area (Å²) in [7, 11) is -4.22. The second kappa shape index (κ2) is 12.6. The van der Waals surface area contributed by atoms with Crippen LogP contribution in [0, 0.1) is 5.82 Å². The average Bonchev–Trinajstić information content (AvgIpc) is 3.45. The van der Waals surface area contributed by atoms with Crippen LogP contribution in [0.25, 0.3) is 0 Å². The highest BCUT2D eigenvalue weighted by molar-refractivity contribution is 7.92. The van der Waals surface area contributed by atoms with E-state index in [-0.39, 0.29) is 39.7 Å². The first-order valence-corrected chi connectivity index (χ1v) is 14.7. The van der Waals surface area contributed by atoms with Gasteiger partial charge in [0.15, 0.2) is 0 Å². The molecule has 1 saturated carbocycles. The summed E-state index contributed by atoms with van der Waals surface area (Å²) in [6.45, 7) is 0.706. The highest BCUT2D eigenvalue weighted by atomic mass is 35.5. The van der Waals surface area contributed by atoms with Gasteiger partial charge in [0.1, 0.15) is 18.4 Å². The molecule has 0 bridgehead atoms. The number of carbonyl (C=O) groups excluding carboxylic acids is 2. The van der Waals surface area contributed by atoms with Gasteiger partial charge in [-0.2, -0.15) is 0 Å². The summed E-state index contributed by atoms with van der Waals surface area (Å²) in [6.07, 6.45) is 3.74. The van der Waals surface area contributed by atoms with Crippen LogP contribution in [0.4, 0.5) is 10.1 Å². The number of anilines is 1. The van der Waals surface area contributed by atoms with Crippen LogP contribution in [-0.4, -0.2) is 43.8 Å². The summed E-state index contributed by atoms with van der Waals surface area (Å²) in [5.41, 5.74) is 0.326. The Morgan fingerprint density at radius 2 is 1.59 bits per heavy atom. The Bertz CT molecular complexity index is 1410. The minimum atomic E-state index is -4.22. The van der Waals surface area contributed by atoms with Gasteiger partial charge in [0.05, 0.1) is 15.6 Å². The van der Waals surface area contributed by atoms with E-state index >= 15 is 0 Å². The molecule has 1 N–H and O–H groups in total. The molecule has 0 radical (unpaired) electrons. The number of amides is 2. The van der Waals surface area contributed by atoms with Crippen molar-refractivity contribution in [2.24, 2.45) is 0 Å². The van der Waals surface area contributed by atoms with E-state index in [2.05, 4.69) is 5.32 Å². The third-order valence-corrected chi connectivity index (χ3v) is 8.99. The number of sulfonamides is 1. The van der Waals surface area contributed by atoms with Gasteiger partial charge in [0.25, 0.3) is 10.0 Å². The van der Waals surface area contributed by atoms with Crippen molar-refractivity contribution in [3.05, 3.63) is 95.3 Å². The standard InChI is InChI=1S/C29H31ClFN3O4S/c1-21(29(36)32-23-12-6-7-13-23)33(19-22-11-5-9-17-26(22)31)28(35)20-34(27-18-10-8-16-25(27)30)39(37,38)24-14-3-2-4-15-24/h2-5,8-11,14-18,21,23H,6-7,12-13,19-20H2,1H3,(H,32,36). The lowest BCUT2D eigenvalue weighted by atomic mass is 10.1. The molecular formula is C29H31ClFN3O4S. The van der Waals surface area contributed by atoms with Crippen molar-refractivity contribution in [3.8, 4) is 0 Å². The molecule has 0 aliphatic heterocycles. The number of nitrogens with one attached hydrogen (secondary N) is 1. The fraction of sp³-hybridized carbons (Fsp3) is 0.310. The Morgan fingerprint density at radius 3 is 2.26 bits per heavy atom. The zero-order valence-corrected chi connectivity index (χ0v) is 23.2. The van der Waals surface area contributed by atoms with Crippen molar-refractivity contribution in [1.29, 1.82) is 0 Å². The zero-order chi connectivity index (χ0) is 28.0. The van der Waals surface area contributed by atoms with Crippen molar-refractivity contribution in [3.63, 3.8) is 0 Å². The van der Waals surface area contributed by atoms with Gasteiger partial charge in [-0.15, -0.1) is 0 Å². The lowest BCUT2D eigenvalue weighted by Crippen LogP contribution is -2.52. The molecule has 2 amide bonds. The van der Waals surface area contributed by atoms with Gasteiger partial charge in [-0.1, -0.05) is 73.0 Å². The number of rotatable bonds is 10. The Balaban J connectivity index is 1.69. The van der Waals surface area contributed by atoms with Gasteiger partial charge in [0, 0.05) is 18.2 Å². The number of halogens is 2. The van der Waals surface area contributed by atoms with E-state index < -0.39 is 34.3 Å². The summed E-state index contributed by atoms with van der Waals surface area (Å²) >= 11 is 6.39. The lowest BCUT2D eigenvalue weighted by molar-refractivity contribution is -0.139. The van der Waals surface area contributed by atoms with Crippen molar-refractivity contribution < 1.29 is 22.4 Å². The lowest BCUT2D eigenvalue weighted by Gasteiger charge is -2.32. The van der Waals surface area contributed by atoms with Crippen LogP contribution in [0.3, 0.4) is 0 Å². The second-order valence-corrected chi connectivity index (χ2v) is 11.8. The summed E-state index contributed by atoms with van der Waals surface area (Å²) in [5.74, 6) is -1.58. The number of carbonyl (C=O) groups is 2. The fourth-order valence-corrected chi connectivity index (χ4v) is 6.41. The molecule has 1 aliphatic rings. The van der Waals surface area contributed by atoms with Gasteiger partial charge in [0.2, 0.25) is 11.8 Å². The highest BCUT2D eigenvalue weighted by Crippen LogP contribution is 2.31. The van der Waals surface area contributed by atoms with Gasteiger partial charge in [-0.25, -0.2) is 12.8 Å². The van der Waals surface area contributed by atoms with Crippen LogP contribution in [0.2, 0.25) is 5.02 Å². The van der Waals surface area contributed by atoms with E-state index in [9.17, 15) is 22.4 Å². The maximum atomic E-state index is 14.6. The van der Waals surface area contributed by atoms with Crippen LogP contribution in [0.1, 0.15) is 38.2 Å². The van der Waals surface area contributed by atoms with Crippen molar-refractivity contribution in [1.82, 2.24) is 10.2 Å². The summed E-state index contributed by atoms with van der Waals surface area (Å²) in [5, 5.41) is 3.12. The third-order valence-electron chi connectivity index (χ3n) is 6.90. The van der Waals surface area contributed by atoms with E-state index in [4.69, 9.17) is 11.6 Å². The summed E-state index contributed by atoms with van der Waals surface area (Å²) in [4.78, 5) is 28.3. The first-order valence-electron chi connectivity index (χ1n) is 12.8. The van der Waals surface area contributed by atoms with E-state index in [0.717, 1.165) is 30.0 Å². The van der Waals surface area contributed by atoms with Crippen LogP contribution in [0.5, 0.6) is 0 Å². The van der Waals surface area contributed by atoms with Gasteiger partial charge in [-0.05, 0) is 50.1 Å². The van der Waals surface area contributed by atoms with Gasteiger partial charge < -0.3 is 10.2 Å². The average molecular weight is 572 g/mol. The molecule has 7 nitrogen and oxygen atoms in total. The van der Waals surface area contributed by atoms with Crippen LogP contribution >= 0.6 is 11.6 Å². The molecule has 10 heteroatoms. The largest absolute Gasteiger partial charge is 0.352 e. The predicted octanol–water partition coefficient (Wildman–Crippen LogP) is 5.15. The zero-order valence-electron chi connectivity index (χ0n) is 21.6. The van der Waals surface area contributed by atoms with Gasteiger partial charge in [-0.3, -0.25) is 13.9 Å². The van der Waals surface area contributed by atoms with Crippen molar-refractivity contribution in [2.45, 2.75) is 56.1 Å². The maximum Gasteiger partial charge on any atom is 0.264 e. The minimum absolute atomic E-state index is 0.0171. The first-order chi connectivity index (χ1) is 18.7. The van der Waals surface area contributed by atoms with Crippen LogP contribution in [-0.2, 0) is 26.2 Å². The van der Waals surface area contributed by atoms with Crippen LogP contribution < -0.4 is 9.62 Å². The Labute approximate surface area is 233 Å². The molecule has 39 heavy (non-hydrogen) atoms. The second-order valence-electron chi connectivity index (χ2n) is 9.56. The summed E-state index contributed by atoms with van der Waals surface area (Å²) in [6, 6.07) is 19.0. The van der Waals surface area contributed by atoms with E-state index in [1.165, 1.54) is 47.4 Å². The Kier molecular flexibility index (Phi) is 9.24. The molecule has 3 aromatic carbocycles. The minimum Gasteiger partial charge on any atom is -0.352 e. The smallest absolute Gasteiger partial charge is 0.264 e. The molecule has 1 fully saturated rings. The Hall–Kier alpha value is -3.43. The summed E-state index contributed by atoms with van der Waals surface area (Å²) < 4.78 is 43.1. The molecule has 1 atom stereocenters. The molecular weight excluding hydrogens is 541 g/mol. The van der Waals surface area contributed by atoms with Crippen LogP contribution in [0.15, 0.2) is 83.8 Å². The molecule has 3 aromatic rings. The van der Waals surface area contributed by atoms with E-state index in [1.807, 2.05) is 0 Å². The molecule has 0 aromatic heterocycles. The van der Waals surface area contributed by atoms with Crippen molar-refractivity contribution in [2.75, 3.05) is 10.8 Å². The first kappa shape index (κ1) is 28.6. The van der Waals surface area contributed by atoms with Crippen molar-refractivity contribution >= 4 is 39.1 Å². The molecule has 0 spiro atoms. The monoisotopic (exact) mass is 571 g/mol. The molecule has 0 heterocycles. The molecule has 1 unspecified atom stereocenters. The number of hydrogen-bond donors (Lipinski definition) is 1. The molecule has 4 rings (SSSR count). The molecule has 206 valence electrons. The SMILES string of the molecule is CC(C(=O)NC1CCCC1)N(Cc1ccccc1F)C(=O)CN(c1ccccc1Cl)S(=O)(=O)c1ccccc1. The quantitative estimate of drug-likeness (QED) is 0.365. The number of benzene rings is 3. The third kappa shape index (κ3) is 6.78. The molecule has 1 aliphatic carbocycles.